The van der Waals surface area contributed by atoms with Crippen molar-refractivity contribution in [3.8, 4) is 11.8 Å². The van der Waals surface area contributed by atoms with E-state index in [1.807, 2.05) is 0 Å². The number of nitrogens with zero attached hydrogens (tertiary/aromatic N) is 2. The third-order valence-electron chi connectivity index (χ3n) is 4.00. The summed E-state index contributed by atoms with van der Waals surface area (Å²) in [6.07, 6.45) is 1.69. The fourth-order valence-electron chi connectivity index (χ4n) is 2.56. The highest BCUT2D eigenvalue weighted by atomic mass is 19.1. The Bertz CT molecular complexity index is 1050. The number of non-ortho nitro benzene ring substituents is 1. The standard InChI is InChI=1S/C22H15FN2O3/c23-20-3-1-2-17(13-20)15-28-22-10-4-16(5-11-22)12-19(14-24)18-6-8-21(9-7-18)25(26)27/h1-13H,15H2. The zero-order chi connectivity index (χ0) is 19.9. The maximum absolute atomic E-state index is 13.2. The lowest BCUT2D eigenvalue weighted by Gasteiger charge is -2.07. The number of rotatable bonds is 6. The second-order valence-corrected chi connectivity index (χ2v) is 5.96. The molecule has 138 valence electrons. The van der Waals surface area contributed by atoms with Gasteiger partial charge in [0.1, 0.15) is 18.2 Å². The summed E-state index contributed by atoms with van der Waals surface area (Å²) >= 11 is 0. The molecule has 0 saturated heterocycles. The van der Waals surface area contributed by atoms with Crippen LogP contribution in [0, 0.1) is 27.3 Å². The molecule has 5 nitrogen and oxygen atoms in total. The second kappa shape index (κ2) is 8.60. The van der Waals surface area contributed by atoms with Gasteiger partial charge in [-0.15, -0.1) is 0 Å². The van der Waals surface area contributed by atoms with Gasteiger partial charge in [0.05, 0.1) is 16.6 Å². The highest BCUT2D eigenvalue weighted by Crippen LogP contribution is 2.22. The van der Waals surface area contributed by atoms with Crippen molar-refractivity contribution in [2.75, 3.05) is 0 Å². The molecule has 0 fully saturated rings. The van der Waals surface area contributed by atoms with Crippen LogP contribution >= 0.6 is 0 Å². The first-order valence-corrected chi connectivity index (χ1v) is 8.39. The Labute approximate surface area is 161 Å². The van der Waals surface area contributed by atoms with E-state index in [2.05, 4.69) is 6.07 Å². The van der Waals surface area contributed by atoms with E-state index < -0.39 is 4.92 Å². The number of halogens is 1. The number of benzene rings is 3. The van der Waals surface area contributed by atoms with Crippen LogP contribution in [0.15, 0.2) is 72.8 Å². The van der Waals surface area contributed by atoms with Crippen molar-refractivity contribution in [2.45, 2.75) is 6.61 Å². The average molecular weight is 374 g/mol. The van der Waals surface area contributed by atoms with Gasteiger partial charge >= 0.3 is 0 Å². The molecule has 0 aromatic heterocycles. The Morgan fingerprint density at radius 3 is 2.43 bits per heavy atom. The summed E-state index contributed by atoms with van der Waals surface area (Å²) < 4.78 is 18.8. The first-order chi connectivity index (χ1) is 13.5. The van der Waals surface area contributed by atoms with Crippen LogP contribution in [0.4, 0.5) is 10.1 Å². The third kappa shape index (κ3) is 4.80. The SMILES string of the molecule is N#CC(=Cc1ccc(OCc2cccc(F)c2)cc1)c1ccc([N+](=O)[O-])cc1. The van der Waals surface area contributed by atoms with Crippen LogP contribution in [0.25, 0.3) is 11.6 Å². The molecule has 3 rings (SSSR count). The monoisotopic (exact) mass is 374 g/mol. The molecule has 0 atom stereocenters. The van der Waals surface area contributed by atoms with Crippen LogP contribution in [-0.2, 0) is 6.61 Å². The van der Waals surface area contributed by atoms with Gasteiger partial charge in [-0.05, 0) is 59.2 Å². The van der Waals surface area contributed by atoms with E-state index in [0.717, 1.165) is 11.1 Å². The molecule has 0 spiro atoms. The molecule has 3 aromatic rings. The Hall–Kier alpha value is -3.98. The molecule has 3 aromatic carbocycles. The molecular formula is C22H15FN2O3. The lowest BCUT2D eigenvalue weighted by Crippen LogP contribution is -1.95. The second-order valence-electron chi connectivity index (χ2n) is 5.96. The van der Waals surface area contributed by atoms with Crippen LogP contribution in [-0.4, -0.2) is 4.92 Å². The van der Waals surface area contributed by atoms with Crippen molar-refractivity contribution in [1.82, 2.24) is 0 Å². The number of hydrogen-bond donors (Lipinski definition) is 0. The van der Waals surface area contributed by atoms with Gasteiger partial charge in [0, 0.05) is 12.1 Å². The fourth-order valence-corrected chi connectivity index (χ4v) is 2.56. The van der Waals surface area contributed by atoms with Gasteiger partial charge in [-0.1, -0.05) is 24.3 Å². The normalized spacial score (nSPS) is 10.9. The molecule has 0 heterocycles. The maximum atomic E-state index is 13.2. The van der Waals surface area contributed by atoms with Gasteiger partial charge < -0.3 is 4.74 Å². The lowest BCUT2D eigenvalue weighted by molar-refractivity contribution is -0.384. The van der Waals surface area contributed by atoms with Crippen LogP contribution in [0.5, 0.6) is 5.75 Å². The number of ether oxygens (including phenoxy) is 1. The zero-order valence-corrected chi connectivity index (χ0v) is 14.7. The number of nitriles is 1. The zero-order valence-electron chi connectivity index (χ0n) is 14.7. The summed E-state index contributed by atoms with van der Waals surface area (Å²) in [4.78, 5) is 10.2. The van der Waals surface area contributed by atoms with Crippen molar-refractivity contribution in [2.24, 2.45) is 0 Å². The number of nitro groups is 1. The summed E-state index contributed by atoms with van der Waals surface area (Å²) in [5, 5.41) is 20.1. The van der Waals surface area contributed by atoms with Gasteiger partial charge in [0.15, 0.2) is 0 Å². The van der Waals surface area contributed by atoms with Gasteiger partial charge in [-0.3, -0.25) is 10.1 Å². The average Bonchev–Trinajstić information content (AvgIpc) is 2.71. The number of hydrogen-bond acceptors (Lipinski definition) is 4. The first kappa shape index (κ1) is 18.8. The highest BCUT2D eigenvalue weighted by Gasteiger charge is 2.07. The van der Waals surface area contributed by atoms with E-state index in [9.17, 15) is 19.8 Å². The quantitative estimate of drug-likeness (QED) is 0.251. The van der Waals surface area contributed by atoms with Gasteiger partial charge in [0.2, 0.25) is 0 Å². The summed E-state index contributed by atoms with van der Waals surface area (Å²) in [6.45, 7) is 0.249. The van der Waals surface area contributed by atoms with Crippen molar-refractivity contribution in [3.05, 3.63) is 105 Å². The van der Waals surface area contributed by atoms with E-state index >= 15 is 0 Å². The molecule has 0 bridgehead atoms. The minimum absolute atomic E-state index is 0.0270. The van der Waals surface area contributed by atoms with Crippen molar-refractivity contribution in [1.29, 1.82) is 5.26 Å². The summed E-state index contributed by atoms with van der Waals surface area (Å²) in [7, 11) is 0. The first-order valence-electron chi connectivity index (χ1n) is 8.39. The Morgan fingerprint density at radius 1 is 1.11 bits per heavy atom. The van der Waals surface area contributed by atoms with Gasteiger partial charge in [-0.2, -0.15) is 5.26 Å². The molecule has 0 unspecified atom stereocenters. The molecule has 0 saturated carbocycles. The van der Waals surface area contributed by atoms with E-state index in [-0.39, 0.29) is 18.1 Å². The highest BCUT2D eigenvalue weighted by molar-refractivity contribution is 5.89. The summed E-state index contributed by atoms with van der Waals surface area (Å²) in [5.41, 5.74) is 2.48. The number of nitro benzene ring substituents is 1. The molecule has 0 aliphatic rings. The predicted molar refractivity (Wildman–Crippen MR) is 104 cm³/mol. The van der Waals surface area contributed by atoms with Gasteiger partial charge in [0.25, 0.3) is 5.69 Å². The molecule has 0 amide bonds. The van der Waals surface area contributed by atoms with E-state index in [1.165, 1.54) is 24.3 Å². The molecule has 0 radical (unpaired) electrons. The molecule has 0 aliphatic carbocycles. The van der Waals surface area contributed by atoms with Crippen molar-refractivity contribution >= 4 is 17.3 Å². The van der Waals surface area contributed by atoms with Crippen LogP contribution < -0.4 is 4.74 Å². The van der Waals surface area contributed by atoms with Crippen molar-refractivity contribution < 1.29 is 14.1 Å². The summed E-state index contributed by atoms with van der Waals surface area (Å²) in [5.74, 6) is 0.312. The van der Waals surface area contributed by atoms with Crippen LogP contribution in [0.1, 0.15) is 16.7 Å². The van der Waals surface area contributed by atoms with Crippen LogP contribution in [0.2, 0.25) is 0 Å². The van der Waals surface area contributed by atoms with Crippen LogP contribution in [0.3, 0.4) is 0 Å². The number of allylic oxidation sites excluding steroid dienone is 1. The van der Waals surface area contributed by atoms with E-state index in [0.29, 0.717) is 16.9 Å². The topological polar surface area (TPSA) is 76.2 Å². The predicted octanol–water partition coefficient (Wildman–Crippen LogP) is 5.38. The lowest BCUT2D eigenvalue weighted by atomic mass is 10.0. The molecule has 0 N–H and O–H groups in total. The minimum Gasteiger partial charge on any atom is -0.489 e. The van der Waals surface area contributed by atoms with E-state index in [1.54, 1.807) is 54.6 Å². The third-order valence-corrected chi connectivity index (χ3v) is 4.00. The largest absolute Gasteiger partial charge is 0.489 e. The smallest absolute Gasteiger partial charge is 0.269 e. The Balaban J connectivity index is 1.71. The van der Waals surface area contributed by atoms with E-state index in [4.69, 9.17) is 4.74 Å². The maximum Gasteiger partial charge on any atom is 0.269 e. The Kier molecular flexibility index (Phi) is 5.78. The fraction of sp³-hybridized carbons (Fsp3) is 0.0455. The van der Waals surface area contributed by atoms with Gasteiger partial charge in [-0.25, -0.2) is 4.39 Å². The molecule has 6 heteroatoms. The molecular weight excluding hydrogens is 359 g/mol. The molecule has 0 aliphatic heterocycles. The summed E-state index contributed by atoms with van der Waals surface area (Å²) in [6, 6.07) is 21.2. The van der Waals surface area contributed by atoms with Crippen molar-refractivity contribution in [3.63, 3.8) is 0 Å². The Morgan fingerprint density at radius 2 is 1.82 bits per heavy atom. The molecule has 28 heavy (non-hydrogen) atoms. The minimum atomic E-state index is -0.484.